The van der Waals surface area contributed by atoms with Gasteiger partial charge >= 0.3 is 0 Å². The van der Waals surface area contributed by atoms with Crippen molar-refractivity contribution in [2.24, 2.45) is 0 Å². The monoisotopic (exact) mass is 364 g/mol. The Morgan fingerprint density at radius 3 is 2.37 bits per heavy atom. The van der Waals surface area contributed by atoms with Crippen LogP contribution in [0.2, 0.25) is 0 Å². The normalized spacial score (nSPS) is 10.7. The number of carbonyl (C=O) groups is 2. The number of carboxylic acid groups (broad SMARTS) is 1. The number of rotatable bonds is 7. The first-order chi connectivity index (χ1) is 13.1. The molecule has 27 heavy (non-hydrogen) atoms. The molecule has 138 valence electrons. The van der Waals surface area contributed by atoms with Gasteiger partial charge in [-0.2, -0.15) is 5.10 Å². The Bertz CT molecular complexity index is 1030. The van der Waals surface area contributed by atoms with E-state index in [2.05, 4.69) is 10.4 Å². The molecule has 0 unspecified atom stereocenters. The zero-order chi connectivity index (χ0) is 19.2. The third kappa shape index (κ3) is 4.38. The number of fused-ring (bicyclic) bond motifs is 1. The third-order valence-electron chi connectivity index (χ3n) is 4.10. The molecule has 2 aromatic carbocycles. The number of hydrogen-bond donors (Lipinski definition) is 1. The molecular weight excluding hydrogens is 346 g/mol. The summed E-state index contributed by atoms with van der Waals surface area (Å²) in [6.45, 7) is 0.427. The fraction of sp³-hybridized carbons (Fsp3) is 0.200. The summed E-state index contributed by atoms with van der Waals surface area (Å²) in [5.74, 6) is -1.62. The summed E-state index contributed by atoms with van der Waals surface area (Å²) < 4.78 is 1.27. The average molecular weight is 364 g/mol. The lowest BCUT2D eigenvalue weighted by atomic mass is 10.1. The van der Waals surface area contributed by atoms with Gasteiger partial charge in [-0.05, 0) is 24.5 Å². The molecule has 0 saturated carbocycles. The van der Waals surface area contributed by atoms with Crippen molar-refractivity contribution in [1.82, 2.24) is 15.1 Å². The maximum Gasteiger partial charge on any atom is 0.274 e. The Morgan fingerprint density at radius 1 is 1.00 bits per heavy atom. The van der Waals surface area contributed by atoms with Gasteiger partial charge in [-0.25, -0.2) is 4.68 Å². The molecule has 0 aliphatic carbocycles. The minimum Gasteiger partial charge on any atom is -0.550 e. The highest BCUT2D eigenvalue weighted by molar-refractivity contribution is 6.04. The zero-order valence-corrected chi connectivity index (χ0v) is 14.6. The van der Waals surface area contributed by atoms with Crippen molar-refractivity contribution in [3.05, 3.63) is 76.2 Å². The van der Waals surface area contributed by atoms with E-state index in [1.54, 1.807) is 24.3 Å². The molecule has 0 aliphatic heterocycles. The lowest BCUT2D eigenvalue weighted by Crippen LogP contribution is -2.32. The van der Waals surface area contributed by atoms with Crippen LogP contribution in [0, 0.1) is 0 Å². The van der Waals surface area contributed by atoms with Gasteiger partial charge in [-0.3, -0.25) is 9.59 Å². The van der Waals surface area contributed by atoms with E-state index in [9.17, 15) is 19.5 Å². The molecule has 0 radical (unpaired) electrons. The molecule has 0 atom stereocenters. The van der Waals surface area contributed by atoms with E-state index >= 15 is 0 Å². The van der Waals surface area contributed by atoms with Gasteiger partial charge in [0.25, 0.3) is 11.5 Å². The van der Waals surface area contributed by atoms with Crippen molar-refractivity contribution in [1.29, 1.82) is 0 Å². The van der Waals surface area contributed by atoms with E-state index < -0.39 is 11.9 Å². The molecular formula is C20H18N3O4-. The maximum absolute atomic E-state index is 12.7. The summed E-state index contributed by atoms with van der Waals surface area (Å²) in [7, 11) is 0. The van der Waals surface area contributed by atoms with Gasteiger partial charge in [0.15, 0.2) is 5.69 Å². The van der Waals surface area contributed by atoms with E-state index in [1.165, 1.54) is 4.68 Å². The van der Waals surface area contributed by atoms with E-state index in [1.807, 2.05) is 30.3 Å². The standard InChI is InChI=1S/C20H19N3O4/c24-17(25)11-6-12-21-19(26)18-15-9-4-5-10-16(15)20(27)23(22-18)13-14-7-2-1-3-8-14/h1-5,7-10H,6,11-13H2,(H,21,26)(H,24,25)/p-1. The van der Waals surface area contributed by atoms with Crippen LogP contribution >= 0.6 is 0 Å². The van der Waals surface area contributed by atoms with E-state index in [0.29, 0.717) is 10.8 Å². The van der Waals surface area contributed by atoms with Crippen LogP contribution in [0.3, 0.4) is 0 Å². The summed E-state index contributed by atoms with van der Waals surface area (Å²) in [5, 5.41) is 18.3. The van der Waals surface area contributed by atoms with E-state index in [-0.39, 0.29) is 37.2 Å². The Kier molecular flexibility index (Phi) is 5.61. The number of hydrogen-bond acceptors (Lipinski definition) is 5. The van der Waals surface area contributed by atoms with Gasteiger partial charge in [-0.1, -0.05) is 48.5 Å². The second-order valence-electron chi connectivity index (χ2n) is 6.07. The van der Waals surface area contributed by atoms with Crippen LogP contribution in [0.1, 0.15) is 28.9 Å². The predicted molar refractivity (Wildman–Crippen MR) is 98.1 cm³/mol. The number of nitrogens with zero attached hydrogens (tertiary/aromatic N) is 2. The summed E-state index contributed by atoms with van der Waals surface area (Å²) >= 11 is 0. The van der Waals surface area contributed by atoms with Crippen molar-refractivity contribution >= 4 is 22.6 Å². The summed E-state index contributed by atoms with van der Waals surface area (Å²) in [6.07, 6.45) is 0.123. The van der Waals surface area contributed by atoms with Gasteiger partial charge in [0.2, 0.25) is 0 Å². The molecule has 7 nitrogen and oxygen atoms in total. The highest BCUT2D eigenvalue weighted by Gasteiger charge is 2.16. The molecule has 3 rings (SSSR count). The smallest absolute Gasteiger partial charge is 0.274 e. The highest BCUT2D eigenvalue weighted by Crippen LogP contribution is 2.14. The van der Waals surface area contributed by atoms with E-state index in [4.69, 9.17) is 0 Å². The summed E-state index contributed by atoms with van der Waals surface area (Å²) in [6, 6.07) is 16.2. The largest absolute Gasteiger partial charge is 0.550 e. The molecule has 0 aliphatic rings. The lowest BCUT2D eigenvalue weighted by Gasteiger charge is -2.11. The Hall–Kier alpha value is -3.48. The molecule has 0 spiro atoms. The minimum absolute atomic E-state index is 0.134. The van der Waals surface area contributed by atoms with Gasteiger partial charge < -0.3 is 15.2 Å². The number of benzene rings is 2. The van der Waals surface area contributed by atoms with Crippen molar-refractivity contribution in [3.8, 4) is 0 Å². The number of nitrogens with one attached hydrogen (secondary N) is 1. The maximum atomic E-state index is 12.7. The highest BCUT2D eigenvalue weighted by atomic mass is 16.4. The SMILES string of the molecule is O=C([O-])CCCNC(=O)c1nn(Cc2ccccc2)c(=O)c2ccccc12. The molecule has 0 fully saturated rings. The van der Waals surface area contributed by atoms with Crippen molar-refractivity contribution in [3.63, 3.8) is 0 Å². The first kappa shape index (κ1) is 18.3. The quantitative estimate of drug-likeness (QED) is 0.622. The first-order valence-electron chi connectivity index (χ1n) is 8.58. The van der Waals surface area contributed by atoms with Crippen LogP contribution in [0.4, 0.5) is 0 Å². The van der Waals surface area contributed by atoms with Crippen LogP contribution < -0.4 is 16.0 Å². The van der Waals surface area contributed by atoms with E-state index in [0.717, 1.165) is 5.56 Å². The molecule has 0 saturated heterocycles. The molecule has 1 amide bonds. The number of aromatic nitrogens is 2. The Labute approximate surface area is 155 Å². The van der Waals surface area contributed by atoms with Crippen molar-refractivity contribution in [2.45, 2.75) is 19.4 Å². The first-order valence-corrected chi connectivity index (χ1v) is 8.58. The zero-order valence-electron chi connectivity index (χ0n) is 14.6. The van der Waals surface area contributed by atoms with Crippen LogP contribution in [-0.4, -0.2) is 28.2 Å². The second kappa shape index (κ2) is 8.27. The number of aliphatic carboxylic acids is 1. The minimum atomic E-state index is -1.16. The van der Waals surface area contributed by atoms with Gasteiger partial charge in [0.1, 0.15) is 0 Å². The molecule has 0 bridgehead atoms. The van der Waals surface area contributed by atoms with Gasteiger partial charge in [0, 0.05) is 17.9 Å². The van der Waals surface area contributed by atoms with Crippen LogP contribution in [-0.2, 0) is 11.3 Å². The number of carbonyl (C=O) groups excluding carboxylic acids is 2. The van der Waals surface area contributed by atoms with Gasteiger partial charge in [0.05, 0.1) is 11.9 Å². The van der Waals surface area contributed by atoms with Crippen molar-refractivity contribution in [2.75, 3.05) is 6.54 Å². The van der Waals surface area contributed by atoms with Crippen LogP contribution in [0.15, 0.2) is 59.4 Å². The topological polar surface area (TPSA) is 104 Å². The molecule has 1 N–H and O–H groups in total. The van der Waals surface area contributed by atoms with Gasteiger partial charge in [-0.15, -0.1) is 0 Å². The second-order valence-corrected chi connectivity index (χ2v) is 6.07. The van der Waals surface area contributed by atoms with Crippen molar-refractivity contribution < 1.29 is 14.7 Å². The fourth-order valence-electron chi connectivity index (χ4n) is 2.78. The number of carboxylic acids is 1. The Morgan fingerprint density at radius 2 is 1.67 bits per heavy atom. The number of amides is 1. The fourth-order valence-corrected chi connectivity index (χ4v) is 2.78. The molecule has 7 heteroatoms. The lowest BCUT2D eigenvalue weighted by molar-refractivity contribution is -0.305. The molecule has 1 aromatic heterocycles. The Balaban J connectivity index is 1.93. The predicted octanol–water partition coefficient (Wildman–Crippen LogP) is 0.705. The summed E-state index contributed by atoms with van der Waals surface area (Å²) in [4.78, 5) is 35.8. The van der Waals surface area contributed by atoms with Crippen LogP contribution in [0.25, 0.3) is 10.8 Å². The molecule has 3 aromatic rings. The third-order valence-corrected chi connectivity index (χ3v) is 4.10. The van der Waals surface area contributed by atoms with Crippen LogP contribution in [0.5, 0.6) is 0 Å². The average Bonchev–Trinajstić information content (AvgIpc) is 2.68. The molecule has 1 heterocycles. The summed E-state index contributed by atoms with van der Waals surface area (Å²) in [5.41, 5.74) is 0.750.